The summed E-state index contributed by atoms with van der Waals surface area (Å²) in [4.78, 5) is 20.9. The summed E-state index contributed by atoms with van der Waals surface area (Å²) >= 11 is 3.48. The number of nitrogens with one attached hydrogen (secondary N) is 2. The predicted molar refractivity (Wildman–Crippen MR) is 95.5 cm³/mol. The van der Waals surface area contributed by atoms with E-state index in [2.05, 4.69) is 36.5 Å². The normalized spacial score (nSPS) is 16.8. The SMILES string of the molecule is Cc1nc(Nc2ccccc2Br)cc(C(=O)NCC2CCCO2)n1. The molecular weight excluding hydrogens is 372 g/mol. The van der Waals surface area contributed by atoms with Crippen molar-refractivity contribution in [1.29, 1.82) is 0 Å². The summed E-state index contributed by atoms with van der Waals surface area (Å²) in [6.45, 7) is 3.05. The molecule has 1 aliphatic heterocycles. The molecule has 126 valence electrons. The van der Waals surface area contributed by atoms with E-state index in [4.69, 9.17) is 4.74 Å². The maximum absolute atomic E-state index is 12.3. The van der Waals surface area contributed by atoms with E-state index in [1.165, 1.54) is 0 Å². The maximum Gasteiger partial charge on any atom is 0.270 e. The largest absolute Gasteiger partial charge is 0.376 e. The Balaban J connectivity index is 1.71. The molecule has 1 aromatic carbocycles. The van der Waals surface area contributed by atoms with E-state index >= 15 is 0 Å². The molecular formula is C17H19BrN4O2. The Morgan fingerprint density at radius 2 is 2.21 bits per heavy atom. The predicted octanol–water partition coefficient (Wildman–Crippen LogP) is 3.20. The van der Waals surface area contributed by atoms with Crippen LogP contribution >= 0.6 is 15.9 Å². The first-order chi connectivity index (χ1) is 11.6. The number of para-hydroxylation sites is 1. The number of amides is 1. The molecule has 0 bridgehead atoms. The molecule has 0 spiro atoms. The van der Waals surface area contributed by atoms with Gasteiger partial charge in [-0.3, -0.25) is 4.79 Å². The van der Waals surface area contributed by atoms with Gasteiger partial charge in [0.15, 0.2) is 0 Å². The van der Waals surface area contributed by atoms with Gasteiger partial charge in [0.2, 0.25) is 0 Å². The molecule has 1 aromatic heterocycles. The Kier molecular flexibility index (Phi) is 5.42. The second-order valence-corrected chi connectivity index (χ2v) is 6.49. The van der Waals surface area contributed by atoms with Gasteiger partial charge in [0, 0.05) is 23.7 Å². The molecule has 1 unspecified atom stereocenters. The summed E-state index contributed by atoms with van der Waals surface area (Å²) < 4.78 is 6.44. The van der Waals surface area contributed by atoms with E-state index in [1.807, 2.05) is 24.3 Å². The van der Waals surface area contributed by atoms with Crippen molar-refractivity contribution < 1.29 is 9.53 Å². The van der Waals surface area contributed by atoms with Crippen LogP contribution in [-0.4, -0.2) is 35.1 Å². The lowest BCUT2D eigenvalue weighted by Gasteiger charge is -2.12. The second-order valence-electron chi connectivity index (χ2n) is 5.64. The molecule has 7 heteroatoms. The van der Waals surface area contributed by atoms with E-state index in [-0.39, 0.29) is 12.0 Å². The monoisotopic (exact) mass is 390 g/mol. The van der Waals surface area contributed by atoms with Crippen LogP contribution in [0.15, 0.2) is 34.8 Å². The average Bonchev–Trinajstić information content (AvgIpc) is 3.08. The van der Waals surface area contributed by atoms with Crippen LogP contribution in [0.3, 0.4) is 0 Å². The number of aromatic nitrogens is 2. The molecule has 1 saturated heterocycles. The van der Waals surface area contributed by atoms with Gasteiger partial charge >= 0.3 is 0 Å². The van der Waals surface area contributed by atoms with Crippen LogP contribution in [-0.2, 0) is 4.74 Å². The van der Waals surface area contributed by atoms with Crippen molar-refractivity contribution in [3.8, 4) is 0 Å². The molecule has 1 amide bonds. The average molecular weight is 391 g/mol. The van der Waals surface area contributed by atoms with Gasteiger partial charge < -0.3 is 15.4 Å². The van der Waals surface area contributed by atoms with Crippen LogP contribution in [0.5, 0.6) is 0 Å². The molecule has 3 rings (SSSR count). The van der Waals surface area contributed by atoms with E-state index in [0.717, 1.165) is 29.6 Å². The number of aryl methyl sites for hydroxylation is 1. The van der Waals surface area contributed by atoms with Gasteiger partial charge in [-0.25, -0.2) is 9.97 Å². The number of anilines is 2. The fourth-order valence-electron chi connectivity index (χ4n) is 2.55. The summed E-state index contributed by atoms with van der Waals surface area (Å²) in [6.07, 6.45) is 2.14. The first kappa shape index (κ1) is 16.9. The molecule has 24 heavy (non-hydrogen) atoms. The van der Waals surface area contributed by atoms with Crippen molar-refractivity contribution in [3.63, 3.8) is 0 Å². The smallest absolute Gasteiger partial charge is 0.270 e. The van der Waals surface area contributed by atoms with Crippen LogP contribution in [0, 0.1) is 6.92 Å². The summed E-state index contributed by atoms with van der Waals surface area (Å²) in [5.41, 5.74) is 1.22. The van der Waals surface area contributed by atoms with Gasteiger partial charge in [-0.15, -0.1) is 0 Å². The van der Waals surface area contributed by atoms with Gasteiger partial charge in [0.05, 0.1) is 11.8 Å². The van der Waals surface area contributed by atoms with E-state index < -0.39 is 0 Å². The zero-order valence-electron chi connectivity index (χ0n) is 13.4. The number of carbonyl (C=O) groups is 1. The van der Waals surface area contributed by atoms with Gasteiger partial charge in [0.25, 0.3) is 5.91 Å². The minimum atomic E-state index is -0.217. The van der Waals surface area contributed by atoms with Gasteiger partial charge in [-0.2, -0.15) is 0 Å². The summed E-state index contributed by atoms with van der Waals surface area (Å²) in [7, 11) is 0. The van der Waals surface area contributed by atoms with Crippen LogP contribution < -0.4 is 10.6 Å². The summed E-state index contributed by atoms with van der Waals surface area (Å²) in [5.74, 6) is 0.900. The maximum atomic E-state index is 12.3. The summed E-state index contributed by atoms with van der Waals surface area (Å²) in [6, 6.07) is 9.38. The van der Waals surface area contributed by atoms with Crippen LogP contribution in [0.1, 0.15) is 29.2 Å². The Bertz CT molecular complexity index is 732. The number of rotatable bonds is 5. The van der Waals surface area contributed by atoms with Crippen molar-refractivity contribution in [2.24, 2.45) is 0 Å². The number of nitrogens with zero attached hydrogens (tertiary/aromatic N) is 2. The highest BCUT2D eigenvalue weighted by atomic mass is 79.9. The van der Waals surface area contributed by atoms with Crippen molar-refractivity contribution >= 4 is 33.3 Å². The third-order valence-corrected chi connectivity index (χ3v) is 4.41. The molecule has 1 aliphatic rings. The molecule has 2 heterocycles. The molecule has 0 aliphatic carbocycles. The van der Waals surface area contributed by atoms with Crippen molar-refractivity contribution in [2.75, 3.05) is 18.5 Å². The van der Waals surface area contributed by atoms with E-state index in [9.17, 15) is 4.79 Å². The fraction of sp³-hybridized carbons (Fsp3) is 0.353. The van der Waals surface area contributed by atoms with Crippen molar-refractivity contribution in [1.82, 2.24) is 15.3 Å². The summed E-state index contributed by atoms with van der Waals surface area (Å²) in [5, 5.41) is 6.08. The minimum Gasteiger partial charge on any atom is -0.376 e. The molecule has 1 fully saturated rings. The standard InChI is InChI=1S/C17H19BrN4O2/c1-11-20-15(17(23)19-10-12-5-4-8-24-12)9-16(21-11)22-14-7-3-2-6-13(14)18/h2-3,6-7,9,12H,4-5,8,10H2,1H3,(H,19,23)(H,20,21,22). The first-order valence-electron chi connectivity index (χ1n) is 7.89. The number of benzene rings is 1. The zero-order valence-corrected chi connectivity index (χ0v) is 15.0. The lowest BCUT2D eigenvalue weighted by atomic mass is 10.2. The highest BCUT2D eigenvalue weighted by molar-refractivity contribution is 9.10. The highest BCUT2D eigenvalue weighted by Gasteiger charge is 2.18. The molecule has 1 atom stereocenters. The third kappa shape index (κ3) is 4.30. The molecule has 2 aromatic rings. The van der Waals surface area contributed by atoms with Gasteiger partial charge in [0.1, 0.15) is 17.3 Å². The van der Waals surface area contributed by atoms with Gasteiger partial charge in [-0.05, 0) is 47.8 Å². The second kappa shape index (κ2) is 7.72. The Morgan fingerprint density at radius 1 is 1.38 bits per heavy atom. The van der Waals surface area contributed by atoms with Gasteiger partial charge in [-0.1, -0.05) is 12.1 Å². The van der Waals surface area contributed by atoms with Crippen LogP contribution in [0.25, 0.3) is 0 Å². The topological polar surface area (TPSA) is 76.1 Å². The van der Waals surface area contributed by atoms with Crippen LogP contribution in [0.2, 0.25) is 0 Å². The molecule has 6 nitrogen and oxygen atoms in total. The van der Waals surface area contributed by atoms with E-state index in [1.54, 1.807) is 13.0 Å². The molecule has 2 N–H and O–H groups in total. The Labute approximate surface area is 149 Å². The fourth-order valence-corrected chi connectivity index (χ4v) is 2.93. The number of hydrogen-bond acceptors (Lipinski definition) is 5. The number of ether oxygens (including phenoxy) is 1. The first-order valence-corrected chi connectivity index (χ1v) is 8.68. The quantitative estimate of drug-likeness (QED) is 0.819. The Hall–Kier alpha value is -1.99. The lowest BCUT2D eigenvalue weighted by molar-refractivity contribution is 0.0853. The highest BCUT2D eigenvalue weighted by Crippen LogP contribution is 2.24. The Morgan fingerprint density at radius 3 is 2.96 bits per heavy atom. The third-order valence-electron chi connectivity index (χ3n) is 3.72. The molecule has 0 radical (unpaired) electrons. The number of carbonyl (C=O) groups excluding carboxylic acids is 1. The van der Waals surface area contributed by atoms with Crippen molar-refractivity contribution in [3.05, 3.63) is 46.3 Å². The van der Waals surface area contributed by atoms with E-state index in [0.29, 0.717) is 23.9 Å². The zero-order chi connectivity index (χ0) is 16.9. The lowest BCUT2D eigenvalue weighted by Crippen LogP contribution is -2.32. The number of hydrogen-bond donors (Lipinski definition) is 2. The number of halogens is 1. The molecule has 0 saturated carbocycles. The van der Waals surface area contributed by atoms with Crippen molar-refractivity contribution in [2.45, 2.75) is 25.9 Å². The van der Waals surface area contributed by atoms with Crippen LogP contribution in [0.4, 0.5) is 11.5 Å². The minimum absolute atomic E-state index is 0.106.